The molecule has 2 aromatic carbocycles. The molecule has 3 heteroatoms. The molecular weight excluding hydrogens is 312 g/mol. The van der Waals surface area contributed by atoms with Crippen LogP contribution in [0.25, 0.3) is 20.8 Å². The summed E-state index contributed by atoms with van der Waals surface area (Å²) >= 11 is 1.76. The lowest BCUT2D eigenvalue weighted by molar-refractivity contribution is 0.617. The maximum absolute atomic E-state index is 4.72. The molecule has 0 bridgehead atoms. The number of aromatic nitrogens is 1. The van der Waals surface area contributed by atoms with Crippen molar-refractivity contribution >= 4 is 27.2 Å². The normalized spacial score (nSPS) is 11.0. The second kappa shape index (κ2) is 8.84. The number of thiazole rings is 1. The minimum Gasteiger partial charge on any atom is -0.385 e. The Bertz CT molecular complexity index is 713. The van der Waals surface area contributed by atoms with Crippen molar-refractivity contribution < 1.29 is 0 Å². The molecule has 0 fully saturated rings. The van der Waals surface area contributed by atoms with Gasteiger partial charge in [0.25, 0.3) is 0 Å². The smallest absolute Gasteiger partial charge is 0.124 e. The first kappa shape index (κ1) is 17.0. The Morgan fingerprint density at radius 2 is 1.62 bits per heavy atom. The summed E-state index contributed by atoms with van der Waals surface area (Å²) in [6.45, 7) is 3.33. The topological polar surface area (TPSA) is 24.9 Å². The van der Waals surface area contributed by atoms with Crippen LogP contribution in [0.2, 0.25) is 0 Å². The Morgan fingerprint density at radius 3 is 2.42 bits per heavy atom. The first-order chi connectivity index (χ1) is 11.9. The number of benzene rings is 2. The number of anilines is 1. The molecule has 0 radical (unpaired) electrons. The van der Waals surface area contributed by atoms with Crippen LogP contribution in [-0.4, -0.2) is 11.5 Å². The third-order valence-electron chi connectivity index (χ3n) is 4.29. The lowest BCUT2D eigenvalue weighted by Gasteiger charge is -2.07. The largest absolute Gasteiger partial charge is 0.385 e. The van der Waals surface area contributed by atoms with Gasteiger partial charge in [0.1, 0.15) is 5.01 Å². The second-order valence-electron chi connectivity index (χ2n) is 6.26. The first-order valence-corrected chi connectivity index (χ1v) is 9.88. The van der Waals surface area contributed by atoms with Crippen LogP contribution in [0.5, 0.6) is 0 Å². The minimum atomic E-state index is 1.06. The summed E-state index contributed by atoms with van der Waals surface area (Å²) in [6, 6.07) is 17.0. The average molecular weight is 339 g/mol. The van der Waals surface area contributed by atoms with E-state index in [4.69, 9.17) is 4.98 Å². The molecule has 126 valence electrons. The van der Waals surface area contributed by atoms with Gasteiger partial charge in [-0.3, -0.25) is 0 Å². The number of nitrogens with zero attached hydrogens (tertiary/aromatic N) is 1. The van der Waals surface area contributed by atoms with Crippen molar-refractivity contribution in [1.82, 2.24) is 4.98 Å². The monoisotopic (exact) mass is 338 g/mol. The quantitative estimate of drug-likeness (QED) is 0.437. The van der Waals surface area contributed by atoms with Gasteiger partial charge in [0.15, 0.2) is 0 Å². The molecule has 24 heavy (non-hydrogen) atoms. The van der Waals surface area contributed by atoms with Crippen molar-refractivity contribution in [2.45, 2.75) is 45.4 Å². The molecule has 0 atom stereocenters. The van der Waals surface area contributed by atoms with Crippen LogP contribution in [0.3, 0.4) is 0 Å². The van der Waals surface area contributed by atoms with Crippen LogP contribution in [0.4, 0.5) is 5.69 Å². The summed E-state index contributed by atoms with van der Waals surface area (Å²) in [7, 11) is 0. The van der Waals surface area contributed by atoms with Crippen LogP contribution >= 0.6 is 11.3 Å². The molecule has 0 aliphatic carbocycles. The van der Waals surface area contributed by atoms with Crippen molar-refractivity contribution in [3.8, 4) is 10.6 Å². The van der Waals surface area contributed by atoms with Gasteiger partial charge in [-0.25, -0.2) is 4.98 Å². The summed E-state index contributed by atoms with van der Waals surface area (Å²) in [5.41, 5.74) is 3.48. The molecule has 3 rings (SSSR count). The highest BCUT2D eigenvalue weighted by atomic mass is 32.1. The van der Waals surface area contributed by atoms with Crippen molar-refractivity contribution in [3.63, 3.8) is 0 Å². The SMILES string of the molecule is CCCCCCCCNc1ccc(-c2nc3ccccc3s2)cc1. The highest BCUT2D eigenvalue weighted by molar-refractivity contribution is 7.21. The van der Waals surface area contributed by atoms with Crippen molar-refractivity contribution in [2.75, 3.05) is 11.9 Å². The lowest BCUT2D eigenvalue weighted by atomic mass is 10.1. The van der Waals surface area contributed by atoms with Crippen LogP contribution in [-0.2, 0) is 0 Å². The van der Waals surface area contributed by atoms with E-state index in [1.54, 1.807) is 11.3 Å². The fraction of sp³-hybridized carbons (Fsp3) is 0.381. The fourth-order valence-corrected chi connectivity index (χ4v) is 3.84. The summed E-state index contributed by atoms with van der Waals surface area (Å²) in [5, 5.41) is 4.62. The molecule has 0 aliphatic rings. The molecule has 1 heterocycles. The zero-order valence-electron chi connectivity index (χ0n) is 14.4. The Labute approximate surface area is 148 Å². The zero-order chi connectivity index (χ0) is 16.6. The number of para-hydroxylation sites is 1. The molecule has 0 saturated carbocycles. The molecule has 0 unspecified atom stereocenters. The summed E-state index contributed by atoms with van der Waals surface area (Å²) in [5.74, 6) is 0. The minimum absolute atomic E-state index is 1.06. The van der Waals surface area contributed by atoms with Gasteiger partial charge >= 0.3 is 0 Å². The number of unbranched alkanes of at least 4 members (excludes halogenated alkanes) is 5. The van der Waals surface area contributed by atoms with E-state index >= 15 is 0 Å². The van der Waals surface area contributed by atoms with Gasteiger partial charge in [0, 0.05) is 17.8 Å². The maximum Gasteiger partial charge on any atom is 0.124 e. The van der Waals surface area contributed by atoms with Gasteiger partial charge < -0.3 is 5.32 Å². The van der Waals surface area contributed by atoms with Crippen LogP contribution in [0.1, 0.15) is 45.4 Å². The van der Waals surface area contributed by atoms with Gasteiger partial charge in [-0.15, -0.1) is 11.3 Å². The van der Waals surface area contributed by atoms with Crippen LogP contribution < -0.4 is 5.32 Å². The Balaban J connectivity index is 1.50. The van der Waals surface area contributed by atoms with Crippen molar-refractivity contribution in [3.05, 3.63) is 48.5 Å². The van der Waals surface area contributed by atoms with E-state index in [1.807, 2.05) is 6.07 Å². The van der Waals surface area contributed by atoms with Gasteiger partial charge in [0.05, 0.1) is 10.2 Å². The molecule has 2 nitrogen and oxygen atoms in total. The molecule has 3 aromatic rings. The maximum atomic E-state index is 4.72. The molecule has 0 amide bonds. The lowest BCUT2D eigenvalue weighted by Crippen LogP contribution is -2.01. The summed E-state index contributed by atoms with van der Waals surface area (Å²) in [4.78, 5) is 4.72. The predicted molar refractivity (Wildman–Crippen MR) is 107 cm³/mol. The van der Waals surface area contributed by atoms with E-state index in [-0.39, 0.29) is 0 Å². The number of hydrogen-bond acceptors (Lipinski definition) is 3. The highest BCUT2D eigenvalue weighted by Crippen LogP contribution is 2.30. The van der Waals surface area contributed by atoms with E-state index in [2.05, 4.69) is 54.7 Å². The van der Waals surface area contributed by atoms with E-state index in [0.29, 0.717) is 0 Å². The summed E-state index contributed by atoms with van der Waals surface area (Å²) in [6.07, 6.45) is 8.03. The molecule has 1 aromatic heterocycles. The molecule has 0 saturated heterocycles. The molecule has 0 spiro atoms. The van der Waals surface area contributed by atoms with E-state index in [0.717, 1.165) is 17.1 Å². The number of rotatable bonds is 9. The molecule has 0 aliphatic heterocycles. The van der Waals surface area contributed by atoms with Crippen molar-refractivity contribution in [2.24, 2.45) is 0 Å². The molecule has 1 N–H and O–H groups in total. The van der Waals surface area contributed by atoms with Gasteiger partial charge in [-0.1, -0.05) is 51.2 Å². The van der Waals surface area contributed by atoms with E-state index < -0.39 is 0 Å². The predicted octanol–water partition coefficient (Wildman–Crippen LogP) is 6.74. The van der Waals surface area contributed by atoms with Crippen LogP contribution in [0, 0.1) is 0 Å². The first-order valence-electron chi connectivity index (χ1n) is 9.06. The second-order valence-corrected chi connectivity index (χ2v) is 7.29. The number of hydrogen-bond donors (Lipinski definition) is 1. The third kappa shape index (κ3) is 4.57. The number of fused-ring (bicyclic) bond motifs is 1. The Kier molecular flexibility index (Phi) is 6.25. The van der Waals surface area contributed by atoms with Gasteiger partial charge in [-0.2, -0.15) is 0 Å². The fourth-order valence-electron chi connectivity index (χ4n) is 2.86. The van der Waals surface area contributed by atoms with E-state index in [9.17, 15) is 0 Å². The van der Waals surface area contributed by atoms with E-state index in [1.165, 1.54) is 54.5 Å². The van der Waals surface area contributed by atoms with Crippen molar-refractivity contribution in [1.29, 1.82) is 0 Å². The average Bonchev–Trinajstić information content (AvgIpc) is 3.05. The number of nitrogens with one attached hydrogen (secondary N) is 1. The Morgan fingerprint density at radius 1 is 0.875 bits per heavy atom. The standard InChI is InChI=1S/C21H26N2S/c1-2-3-4-5-6-9-16-22-18-14-12-17(13-15-18)21-23-19-10-7-8-11-20(19)24-21/h7-8,10-15,22H,2-6,9,16H2,1H3. The third-order valence-corrected chi connectivity index (χ3v) is 5.37. The zero-order valence-corrected chi connectivity index (χ0v) is 15.2. The van der Waals surface area contributed by atoms with Gasteiger partial charge in [0.2, 0.25) is 0 Å². The summed E-state index contributed by atoms with van der Waals surface area (Å²) < 4.78 is 1.25. The Hall–Kier alpha value is -1.87. The van der Waals surface area contributed by atoms with Gasteiger partial charge in [-0.05, 0) is 42.8 Å². The highest BCUT2D eigenvalue weighted by Gasteiger charge is 2.05. The molecular formula is C21H26N2S. The van der Waals surface area contributed by atoms with Crippen LogP contribution in [0.15, 0.2) is 48.5 Å².